The smallest absolute Gasteiger partial charge is 0.121 e. The molecule has 0 aliphatic heterocycles. The summed E-state index contributed by atoms with van der Waals surface area (Å²) < 4.78 is 5.31. The van der Waals surface area contributed by atoms with Crippen LogP contribution >= 0.6 is 15.9 Å². The Balaban J connectivity index is 2.41. The summed E-state index contributed by atoms with van der Waals surface area (Å²) in [4.78, 5) is 0.219. The SMILES string of the molecule is COc1ccc(C(Br)c2cccc(C)c2C)cc1C. The van der Waals surface area contributed by atoms with Gasteiger partial charge in [-0.25, -0.2) is 0 Å². The number of hydrogen-bond donors (Lipinski definition) is 0. The number of ether oxygens (including phenoxy) is 1. The van der Waals surface area contributed by atoms with E-state index < -0.39 is 0 Å². The van der Waals surface area contributed by atoms with E-state index in [-0.39, 0.29) is 4.83 Å². The first-order valence-electron chi connectivity index (χ1n) is 6.39. The number of rotatable bonds is 3. The fourth-order valence-corrected chi connectivity index (χ4v) is 3.07. The predicted octanol–water partition coefficient (Wildman–Crippen LogP) is 5.10. The van der Waals surface area contributed by atoms with Gasteiger partial charge in [-0.2, -0.15) is 0 Å². The maximum absolute atomic E-state index is 5.31. The van der Waals surface area contributed by atoms with Crippen molar-refractivity contribution in [1.29, 1.82) is 0 Å². The van der Waals surface area contributed by atoms with E-state index in [9.17, 15) is 0 Å². The van der Waals surface area contributed by atoms with Crippen molar-refractivity contribution in [2.24, 2.45) is 0 Å². The molecule has 1 nitrogen and oxygen atoms in total. The van der Waals surface area contributed by atoms with Crippen LogP contribution in [0.15, 0.2) is 36.4 Å². The average molecular weight is 319 g/mol. The molecule has 0 radical (unpaired) electrons. The van der Waals surface area contributed by atoms with Crippen LogP contribution in [-0.4, -0.2) is 7.11 Å². The van der Waals surface area contributed by atoms with Crippen LogP contribution < -0.4 is 4.74 Å². The van der Waals surface area contributed by atoms with E-state index >= 15 is 0 Å². The van der Waals surface area contributed by atoms with Gasteiger partial charge in [-0.1, -0.05) is 46.3 Å². The van der Waals surface area contributed by atoms with Crippen molar-refractivity contribution in [3.8, 4) is 5.75 Å². The molecule has 0 saturated carbocycles. The molecule has 19 heavy (non-hydrogen) atoms. The zero-order valence-corrected chi connectivity index (χ0v) is 13.4. The maximum atomic E-state index is 5.31. The van der Waals surface area contributed by atoms with E-state index in [2.05, 4.69) is 67.0 Å². The molecule has 0 heterocycles. The third-order valence-electron chi connectivity index (χ3n) is 3.63. The number of methoxy groups -OCH3 is 1. The van der Waals surface area contributed by atoms with Crippen LogP contribution in [0, 0.1) is 20.8 Å². The van der Waals surface area contributed by atoms with Crippen LogP contribution in [0.1, 0.15) is 32.6 Å². The Hall–Kier alpha value is -1.28. The summed E-state index contributed by atoms with van der Waals surface area (Å²) in [6.07, 6.45) is 0. The molecule has 0 saturated heterocycles. The zero-order valence-electron chi connectivity index (χ0n) is 11.8. The quantitative estimate of drug-likeness (QED) is 0.715. The lowest BCUT2D eigenvalue weighted by Gasteiger charge is -2.16. The second-order valence-corrected chi connectivity index (χ2v) is 5.80. The van der Waals surface area contributed by atoms with E-state index in [4.69, 9.17) is 4.74 Å². The van der Waals surface area contributed by atoms with E-state index in [0.717, 1.165) is 11.3 Å². The number of alkyl halides is 1. The Labute approximate surface area is 123 Å². The van der Waals surface area contributed by atoms with Gasteiger partial charge in [0, 0.05) is 0 Å². The maximum Gasteiger partial charge on any atom is 0.121 e. The molecule has 0 fully saturated rings. The molecular weight excluding hydrogens is 300 g/mol. The standard InChI is InChI=1S/C17H19BrO/c1-11-6-5-7-15(13(11)3)17(18)14-8-9-16(19-4)12(2)10-14/h5-10,17H,1-4H3. The Bertz CT molecular complexity index is 590. The van der Waals surface area contributed by atoms with Gasteiger partial charge in [0.15, 0.2) is 0 Å². The van der Waals surface area contributed by atoms with Crippen molar-refractivity contribution < 1.29 is 4.74 Å². The first-order chi connectivity index (χ1) is 9.04. The zero-order chi connectivity index (χ0) is 14.0. The Kier molecular flexibility index (Phi) is 4.31. The van der Waals surface area contributed by atoms with Gasteiger partial charge in [0.1, 0.15) is 5.75 Å². The molecule has 100 valence electrons. The predicted molar refractivity (Wildman–Crippen MR) is 84.4 cm³/mol. The van der Waals surface area contributed by atoms with Crippen LogP contribution in [0.25, 0.3) is 0 Å². The first-order valence-corrected chi connectivity index (χ1v) is 7.31. The van der Waals surface area contributed by atoms with Gasteiger partial charge in [0.25, 0.3) is 0 Å². The van der Waals surface area contributed by atoms with Gasteiger partial charge in [-0.3, -0.25) is 0 Å². The summed E-state index contributed by atoms with van der Waals surface area (Å²) in [7, 11) is 1.71. The highest BCUT2D eigenvalue weighted by molar-refractivity contribution is 9.09. The highest BCUT2D eigenvalue weighted by Crippen LogP contribution is 2.35. The third-order valence-corrected chi connectivity index (χ3v) is 4.65. The minimum Gasteiger partial charge on any atom is -0.496 e. The average Bonchev–Trinajstić information content (AvgIpc) is 2.41. The van der Waals surface area contributed by atoms with Crippen LogP contribution in [0.3, 0.4) is 0 Å². The number of aryl methyl sites for hydroxylation is 2. The summed E-state index contributed by atoms with van der Waals surface area (Å²) in [5.74, 6) is 0.935. The lowest BCUT2D eigenvalue weighted by molar-refractivity contribution is 0.411. The topological polar surface area (TPSA) is 9.23 Å². The first kappa shape index (κ1) is 14.1. The lowest BCUT2D eigenvalue weighted by atomic mass is 9.96. The van der Waals surface area contributed by atoms with Crippen molar-refractivity contribution in [2.75, 3.05) is 7.11 Å². The second kappa shape index (κ2) is 5.79. The summed E-state index contributed by atoms with van der Waals surface area (Å²) in [5, 5.41) is 0. The minimum absolute atomic E-state index is 0.219. The largest absolute Gasteiger partial charge is 0.496 e. The number of halogens is 1. The molecule has 1 unspecified atom stereocenters. The number of hydrogen-bond acceptors (Lipinski definition) is 1. The molecule has 2 heteroatoms. The van der Waals surface area contributed by atoms with E-state index in [0.29, 0.717) is 0 Å². The molecule has 2 aromatic rings. The Morgan fingerprint density at radius 1 is 1.00 bits per heavy atom. The van der Waals surface area contributed by atoms with Crippen LogP contribution in [0.5, 0.6) is 5.75 Å². The second-order valence-electron chi connectivity index (χ2n) is 4.88. The monoisotopic (exact) mass is 318 g/mol. The van der Waals surface area contributed by atoms with Gasteiger partial charge in [0.2, 0.25) is 0 Å². The van der Waals surface area contributed by atoms with Gasteiger partial charge in [-0.05, 0) is 54.7 Å². The van der Waals surface area contributed by atoms with Crippen LogP contribution in [-0.2, 0) is 0 Å². The van der Waals surface area contributed by atoms with Crippen LogP contribution in [0.2, 0.25) is 0 Å². The lowest BCUT2D eigenvalue weighted by Crippen LogP contribution is -1.98. The van der Waals surface area contributed by atoms with Gasteiger partial charge in [-0.15, -0.1) is 0 Å². The molecule has 0 bridgehead atoms. The summed E-state index contributed by atoms with van der Waals surface area (Å²) in [6, 6.07) is 12.8. The van der Waals surface area contributed by atoms with Crippen molar-refractivity contribution in [3.05, 3.63) is 64.2 Å². The Morgan fingerprint density at radius 3 is 2.37 bits per heavy atom. The summed E-state index contributed by atoms with van der Waals surface area (Å²) >= 11 is 3.82. The molecule has 1 atom stereocenters. The van der Waals surface area contributed by atoms with E-state index in [1.807, 2.05) is 6.07 Å². The van der Waals surface area contributed by atoms with Gasteiger partial charge in [0.05, 0.1) is 11.9 Å². The van der Waals surface area contributed by atoms with Crippen molar-refractivity contribution in [3.63, 3.8) is 0 Å². The van der Waals surface area contributed by atoms with Crippen molar-refractivity contribution in [2.45, 2.75) is 25.6 Å². The van der Waals surface area contributed by atoms with E-state index in [1.54, 1.807) is 7.11 Å². The van der Waals surface area contributed by atoms with E-state index in [1.165, 1.54) is 22.3 Å². The third kappa shape index (κ3) is 2.84. The molecule has 2 rings (SSSR count). The summed E-state index contributed by atoms with van der Waals surface area (Å²) in [5.41, 5.74) is 6.41. The van der Waals surface area contributed by atoms with Crippen LogP contribution in [0.4, 0.5) is 0 Å². The highest BCUT2D eigenvalue weighted by atomic mass is 79.9. The fraction of sp³-hybridized carbons (Fsp3) is 0.294. The molecule has 0 amide bonds. The Morgan fingerprint density at radius 2 is 1.74 bits per heavy atom. The molecule has 2 aromatic carbocycles. The molecular formula is C17H19BrO. The highest BCUT2D eigenvalue weighted by Gasteiger charge is 2.14. The minimum atomic E-state index is 0.219. The van der Waals surface area contributed by atoms with Crippen molar-refractivity contribution >= 4 is 15.9 Å². The number of benzene rings is 2. The molecule has 0 N–H and O–H groups in total. The summed E-state index contributed by atoms with van der Waals surface area (Å²) in [6.45, 7) is 6.40. The molecule has 0 aliphatic carbocycles. The molecule has 0 aromatic heterocycles. The van der Waals surface area contributed by atoms with Crippen molar-refractivity contribution in [1.82, 2.24) is 0 Å². The molecule has 0 spiro atoms. The van der Waals surface area contributed by atoms with Gasteiger partial charge >= 0.3 is 0 Å². The fourth-order valence-electron chi connectivity index (χ4n) is 2.29. The van der Waals surface area contributed by atoms with Gasteiger partial charge < -0.3 is 4.74 Å². The normalized spacial score (nSPS) is 12.3. The molecule has 0 aliphatic rings.